The highest BCUT2D eigenvalue weighted by molar-refractivity contribution is 4.88. The first-order valence-electron chi connectivity index (χ1n) is 5.11. The third-order valence-electron chi connectivity index (χ3n) is 3.07. The topological polar surface area (TPSA) is 21.3 Å². The Hall–Kier alpha value is -0.0800. The van der Waals surface area contributed by atoms with Crippen LogP contribution in [0.1, 0.15) is 32.6 Å². The van der Waals surface area contributed by atoms with Crippen molar-refractivity contribution in [2.75, 3.05) is 19.7 Å². The van der Waals surface area contributed by atoms with Gasteiger partial charge in [0.2, 0.25) is 0 Å². The SMILES string of the molecule is CC1(COC2CCCC2)CNC1. The molecular formula is C10H19NO. The molecule has 1 saturated carbocycles. The van der Waals surface area contributed by atoms with Crippen molar-refractivity contribution in [3.63, 3.8) is 0 Å². The van der Waals surface area contributed by atoms with Gasteiger partial charge in [-0.15, -0.1) is 0 Å². The van der Waals surface area contributed by atoms with Gasteiger partial charge in [0, 0.05) is 18.5 Å². The molecule has 2 aliphatic rings. The molecular weight excluding hydrogens is 150 g/mol. The Morgan fingerprint density at radius 1 is 1.33 bits per heavy atom. The average Bonchev–Trinajstić information content (AvgIpc) is 2.49. The van der Waals surface area contributed by atoms with Crippen LogP contribution in [0.4, 0.5) is 0 Å². The molecule has 1 aliphatic carbocycles. The maximum absolute atomic E-state index is 5.87. The predicted molar refractivity (Wildman–Crippen MR) is 49.2 cm³/mol. The van der Waals surface area contributed by atoms with E-state index < -0.39 is 0 Å². The normalized spacial score (nSPS) is 28.8. The van der Waals surface area contributed by atoms with Crippen LogP contribution < -0.4 is 5.32 Å². The van der Waals surface area contributed by atoms with Crippen LogP contribution in [0.15, 0.2) is 0 Å². The van der Waals surface area contributed by atoms with Gasteiger partial charge >= 0.3 is 0 Å². The molecule has 0 atom stereocenters. The molecule has 0 amide bonds. The number of hydrogen-bond acceptors (Lipinski definition) is 2. The van der Waals surface area contributed by atoms with Gasteiger partial charge in [-0.05, 0) is 12.8 Å². The molecule has 0 aromatic carbocycles. The van der Waals surface area contributed by atoms with Gasteiger partial charge in [0.25, 0.3) is 0 Å². The van der Waals surface area contributed by atoms with E-state index in [1.807, 2.05) is 0 Å². The Bertz CT molecular complexity index is 148. The zero-order chi connectivity index (χ0) is 8.44. The average molecular weight is 169 g/mol. The second-order valence-electron chi connectivity index (χ2n) is 4.63. The Labute approximate surface area is 74.7 Å². The Kier molecular flexibility index (Phi) is 2.37. The van der Waals surface area contributed by atoms with Crippen molar-refractivity contribution in [3.8, 4) is 0 Å². The maximum atomic E-state index is 5.87. The summed E-state index contributed by atoms with van der Waals surface area (Å²) in [6.07, 6.45) is 5.93. The van der Waals surface area contributed by atoms with E-state index in [-0.39, 0.29) is 0 Å². The molecule has 12 heavy (non-hydrogen) atoms. The van der Waals surface area contributed by atoms with Gasteiger partial charge in [0.1, 0.15) is 0 Å². The van der Waals surface area contributed by atoms with Gasteiger partial charge in [-0.3, -0.25) is 0 Å². The molecule has 0 aromatic rings. The van der Waals surface area contributed by atoms with E-state index >= 15 is 0 Å². The highest BCUT2D eigenvalue weighted by Gasteiger charge is 2.32. The summed E-state index contributed by atoms with van der Waals surface area (Å²) in [5.74, 6) is 0. The van der Waals surface area contributed by atoms with Crippen molar-refractivity contribution in [2.45, 2.75) is 38.7 Å². The van der Waals surface area contributed by atoms with E-state index in [1.54, 1.807) is 0 Å². The fourth-order valence-corrected chi connectivity index (χ4v) is 2.03. The van der Waals surface area contributed by atoms with Crippen molar-refractivity contribution in [1.29, 1.82) is 0 Å². The fraction of sp³-hybridized carbons (Fsp3) is 1.00. The van der Waals surface area contributed by atoms with Crippen LogP contribution in [0.25, 0.3) is 0 Å². The van der Waals surface area contributed by atoms with Crippen LogP contribution in [0.2, 0.25) is 0 Å². The monoisotopic (exact) mass is 169 g/mol. The molecule has 2 rings (SSSR count). The molecule has 1 aliphatic heterocycles. The van der Waals surface area contributed by atoms with Crippen LogP contribution in [-0.4, -0.2) is 25.8 Å². The maximum Gasteiger partial charge on any atom is 0.0575 e. The summed E-state index contributed by atoms with van der Waals surface area (Å²) < 4.78 is 5.87. The summed E-state index contributed by atoms with van der Waals surface area (Å²) in [6.45, 7) is 5.54. The van der Waals surface area contributed by atoms with Gasteiger partial charge in [-0.25, -0.2) is 0 Å². The van der Waals surface area contributed by atoms with Crippen molar-refractivity contribution in [3.05, 3.63) is 0 Å². The Balaban J connectivity index is 1.67. The van der Waals surface area contributed by atoms with E-state index in [2.05, 4.69) is 12.2 Å². The van der Waals surface area contributed by atoms with E-state index in [4.69, 9.17) is 4.74 Å². The lowest BCUT2D eigenvalue weighted by molar-refractivity contribution is -0.0203. The number of ether oxygens (including phenoxy) is 1. The first-order valence-corrected chi connectivity index (χ1v) is 5.11. The summed E-state index contributed by atoms with van der Waals surface area (Å²) in [5.41, 5.74) is 0.447. The molecule has 0 spiro atoms. The summed E-state index contributed by atoms with van der Waals surface area (Å²) in [6, 6.07) is 0. The van der Waals surface area contributed by atoms with Gasteiger partial charge in [-0.1, -0.05) is 19.8 Å². The lowest BCUT2D eigenvalue weighted by atomic mass is 9.85. The smallest absolute Gasteiger partial charge is 0.0575 e. The molecule has 0 radical (unpaired) electrons. The first-order chi connectivity index (χ1) is 5.79. The fourth-order valence-electron chi connectivity index (χ4n) is 2.03. The van der Waals surface area contributed by atoms with E-state index in [0.717, 1.165) is 19.7 Å². The minimum Gasteiger partial charge on any atom is -0.378 e. The predicted octanol–water partition coefficient (Wildman–Crippen LogP) is 1.56. The molecule has 2 nitrogen and oxygen atoms in total. The van der Waals surface area contributed by atoms with Crippen LogP contribution >= 0.6 is 0 Å². The molecule has 1 saturated heterocycles. The minimum absolute atomic E-state index is 0.447. The standard InChI is InChI=1S/C10H19NO/c1-10(6-11-7-10)8-12-9-4-2-3-5-9/h9,11H,2-8H2,1H3. The van der Waals surface area contributed by atoms with Crippen LogP contribution in [0.3, 0.4) is 0 Å². The van der Waals surface area contributed by atoms with Gasteiger partial charge in [0.15, 0.2) is 0 Å². The van der Waals surface area contributed by atoms with E-state index in [9.17, 15) is 0 Å². The van der Waals surface area contributed by atoms with Crippen molar-refractivity contribution < 1.29 is 4.74 Å². The van der Waals surface area contributed by atoms with Gasteiger partial charge < -0.3 is 10.1 Å². The molecule has 1 N–H and O–H groups in total. The minimum atomic E-state index is 0.447. The molecule has 70 valence electrons. The third kappa shape index (κ3) is 1.80. The summed E-state index contributed by atoms with van der Waals surface area (Å²) in [7, 11) is 0. The largest absolute Gasteiger partial charge is 0.378 e. The number of nitrogens with one attached hydrogen (secondary N) is 1. The van der Waals surface area contributed by atoms with Gasteiger partial charge in [0.05, 0.1) is 12.7 Å². The zero-order valence-corrected chi connectivity index (χ0v) is 7.94. The van der Waals surface area contributed by atoms with Crippen LogP contribution in [0.5, 0.6) is 0 Å². The van der Waals surface area contributed by atoms with Gasteiger partial charge in [-0.2, -0.15) is 0 Å². The third-order valence-corrected chi connectivity index (χ3v) is 3.07. The Morgan fingerprint density at radius 3 is 2.50 bits per heavy atom. The van der Waals surface area contributed by atoms with E-state index in [1.165, 1.54) is 25.7 Å². The molecule has 1 heterocycles. The lowest BCUT2D eigenvalue weighted by Crippen LogP contribution is -2.54. The molecule has 0 aromatic heterocycles. The number of rotatable bonds is 3. The van der Waals surface area contributed by atoms with Crippen LogP contribution in [0, 0.1) is 5.41 Å². The van der Waals surface area contributed by atoms with Crippen LogP contribution in [-0.2, 0) is 4.74 Å². The Morgan fingerprint density at radius 2 is 2.00 bits per heavy atom. The summed E-state index contributed by atoms with van der Waals surface area (Å²) >= 11 is 0. The summed E-state index contributed by atoms with van der Waals surface area (Å²) in [4.78, 5) is 0. The molecule has 0 unspecified atom stereocenters. The van der Waals surface area contributed by atoms with Crippen molar-refractivity contribution in [2.24, 2.45) is 5.41 Å². The zero-order valence-electron chi connectivity index (χ0n) is 7.94. The second kappa shape index (κ2) is 3.35. The summed E-state index contributed by atoms with van der Waals surface area (Å²) in [5, 5.41) is 3.30. The molecule has 2 fully saturated rings. The lowest BCUT2D eigenvalue weighted by Gasteiger charge is -2.39. The molecule has 0 bridgehead atoms. The first kappa shape index (κ1) is 8.52. The highest BCUT2D eigenvalue weighted by Crippen LogP contribution is 2.26. The molecule has 2 heteroatoms. The van der Waals surface area contributed by atoms with E-state index in [0.29, 0.717) is 11.5 Å². The number of hydrogen-bond donors (Lipinski definition) is 1. The highest BCUT2D eigenvalue weighted by atomic mass is 16.5. The van der Waals surface area contributed by atoms with Crippen molar-refractivity contribution >= 4 is 0 Å². The van der Waals surface area contributed by atoms with Crippen molar-refractivity contribution in [1.82, 2.24) is 5.32 Å². The quantitative estimate of drug-likeness (QED) is 0.692. The second-order valence-corrected chi connectivity index (χ2v) is 4.63.